The molecule has 0 radical (unpaired) electrons. The number of benzene rings is 1. The number of nitrogens with zero attached hydrogens (tertiary/aromatic N) is 4. The van der Waals surface area contributed by atoms with Crippen molar-refractivity contribution < 1.29 is 9.53 Å². The van der Waals surface area contributed by atoms with E-state index in [0.717, 1.165) is 11.1 Å². The standard InChI is InChI=1S/C12H13ClN4O2S/c1-8-3-4-9(10(13)5-8)7-20-12-14-15-16-17(12)6-11(18)19-2/h3-5H,6-7H2,1-2H3. The van der Waals surface area contributed by atoms with Crippen molar-refractivity contribution in [1.82, 2.24) is 20.2 Å². The van der Waals surface area contributed by atoms with Gasteiger partial charge in [0.25, 0.3) is 0 Å². The van der Waals surface area contributed by atoms with Gasteiger partial charge in [-0.25, -0.2) is 4.68 Å². The molecule has 0 N–H and O–H groups in total. The molecule has 0 aliphatic carbocycles. The Morgan fingerprint density at radius 3 is 3.00 bits per heavy atom. The van der Waals surface area contributed by atoms with Crippen molar-refractivity contribution in [2.75, 3.05) is 7.11 Å². The van der Waals surface area contributed by atoms with Crippen LogP contribution in [0.3, 0.4) is 0 Å². The Labute approximate surface area is 125 Å². The quantitative estimate of drug-likeness (QED) is 0.622. The van der Waals surface area contributed by atoms with Gasteiger partial charge < -0.3 is 4.74 Å². The Morgan fingerprint density at radius 1 is 1.50 bits per heavy atom. The number of hydrogen-bond donors (Lipinski definition) is 0. The number of rotatable bonds is 5. The van der Waals surface area contributed by atoms with Crippen molar-refractivity contribution >= 4 is 29.3 Å². The number of halogens is 1. The molecule has 2 rings (SSSR count). The van der Waals surface area contributed by atoms with Crippen LogP contribution in [0.15, 0.2) is 23.4 Å². The third-order valence-electron chi connectivity index (χ3n) is 2.57. The molecule has 0 aliphatic rings. The van der Waals surface area contributed by atoms with Gasteiger partial charge in [-0.3, -0.25) is 4.79 Å². The molecule has 0 atom stereocenters. The lowest BCUT2D eigenvalue weighted by molar-refractivity contribution is -0.141. The SMILES string of the molecule is COC(=O)Cn1nnnc1SCc1ccc(C)cc1Cl. The summed E-state index contributed by atoms with van der Waals surface area (Å²) in [5.74, 6) is 0.230. The van der Waals surface area contributed by atoms with Crippen molar-refractivity contribution in [2.24, 2.45) is 0 Å². The predicted molar refractivity (Wildman–Crippen MR) is 75.6 cm³/mol. The number of methoxy groups -OCH3 is 1. The average Bonchev–Trinajstić information content (AvgIpc) is 2.85. The second-order valence-corrected chi connectivity index (χ2v) is 5.43. The van der Waals surface area contributed by atoms with E-state index in [0.29, 0.717) is 15.9 Å². The summed E-state index contributed by atoms with van der Waals surface area (Å²) in [5, 5.41) is 12.5. The third kappa shape index (κ3) is 3.71. The van der Waals surface area contributed by atoms with Gasteiger partial charge in [0.05, 0.1) is 7.11 Å². The molecule has 106 valence electrons. The molecular weight excluding hydrogens is 300 g/mol. The molecule has 8 heteroatoms. The molecule has 0 unspecified atom stereocenters. The van der Waals surface area contributed by atoms with E-state index in [1.165, 1.54) is 23.6 Å². The predicted octanol–water partition coefficient (Wildman–Crippen LogP) is 2.10. The van der Waals surface area contributed by atoms with Crippen LogP contribution in [0.5, 0.6) is 0 Å². The summed E-state index contributed by atoms with van der Waals surface area (Å²) in [6.45, 7) is 1.98. The molecule has 0 aliphatic heterocycles. The maximum Gasteiger partial charge on any atom is 0.327 e. The number of esters is 1. The molecule has 1 aromatic carbocycles. The summed E-state index contributed by atoms with van der Waals surface area (Å²) >= 11 is 7.58. The summed E-state index contributed by atoms with van der Waals surface area (Å²) in [6.07, 6.45) is 0. The van der Waals surface area contributed by atoms with Crippen molar-refractivity contribution in [3.05, 3.63) is 34.3 Å². The largest absolute Gasteiger partial charge is 0.468 e. The van der Waals surface area contributed by atoms with Gasteiger partial charge in [0.2, 0.25) is 5.16 Å². The number of aryl methyl sites for hydroxylation is 1. The first-order valence-corrected chi connectivity index (χ1v) is 7.17. The number of ether oxygens (including phenoxy) is 1. The van der Waals surface area contributed by atoms with E-state index < -0.39 is 5.97 Å². The molecule has 0 saturated carbocycles. The van der Waals surface area contributed by atoms with Crippen molar-refractivity contribution in [1.29, 1.82) is 0 Å². The van der Waals surface area contributed by atoms with E-state index in [4.69, 9.17) is 11.6 Å². The van der Waals surface area contributed by atoms with Gasteiger partial charge >= 0.3 is 5.97 Å². The fourth-order valence-electron chi connectivity index (χ4n) is 1.50. The van der Waals surface area contributed by atoms with E-state index in [1.54, 1.807) is 0 Å². The molecule has 6 nitrogen and oxygen atoms in total. The highest BCUT2D eigenvalue weighted by Crippen LogP contribution is 2.25. The summed E-state index contributed by atoms with van der Waals surface area (Å²) in [5.41, 5.74) is 2.11. The highest BCUT2D eigenvalue weighted by molar-refractivity contribution is 7.98. The van der Waals surface area contributed by atoms with E-state index in [-0.39, 0.29) is 6.54 Å². The van der Waals surface area contributed by atoms with Crippen LogP contribution in [0.1, 0.15) is 11.1 Å². The first-order chi connectivity index (χ1) is 9.60. The Kier molecular flexibility index (Phi) is 4.97. The van der Waals surface area contributed by atoms with Gasteiger partial charge in [0, 0.05) is 10.8 Å². The average molecular weight is 313 g/mol. The van der Waals surface area contributed by atoms with Crippen molar-refractivity contribution in [2.45, 2.75) is 24.4 Å². The monoisotopic (exact) mass is 312 g/mol. The van der Waals surface area contributed by atoms with E-state index >= 15 is 0 Å². The third-order valence-corrected chi connectivity index (χ3v) is 3.93. The van der Waals surface area contributed by atoms with Crippen LogP contribution in [0.2, 0.25) is 5.02 Å². The Morgan fingerprint density at radius 2 is 2.30 bits per heavy atom. The zero-order valence-electron chi connectivity index (χ0n) is 11.0. The topological polar surface area (TPSA) is 69.9 Å². The van der Waals surface area contributed by atoms with Gasteiger partial charge in [-0.15, -0.1) is 5.10 Å². The van der Waals surface area contributed by atoms with E-state index in [2.05, 4.69) is 20.3 Å². The second kappa shape index (κ2) is 6.71. The smallest absolute Gasteiger partial charge is 0.327 e. The minimum Gasteiger partial charge on any atom is -0.468 e. The lowest BCUT2D eigenvalue weighted by atomic mass is 10.2. The van der Waals surface area contributed by atoms with Gasteiger partial charge in [0.15, 0.2) is 0 Å². The lowest BCUT2D eigenvalue weighted by Gasteiger charge is -2.05. The Balaban J connectivity index is 2.04. The first-order valence-electron chi connectivity index (χ1n) is 5.81. The number of hydrogen-bond acceptors (Lipinski definition) is 6. The fraction of sp³-hybridized carbons (Fsp3) is 0.333. The van der Waals surface area contributed by atoms with E-state index in [9.17, 15) is 4.79 Å². The van der Waals surface area contributed by atoms with Crippen LogP contribution >= 0.6 is 23.4 Å². The molecular formula is C12H13ClN4O2S. The van der Waals surface area contributed by atoms with Crippen LogP contribution in [0.4, 0.5) is 0 Å². The molecule has 1 heterocycles. The number of carbonyl (C=O) groups excluding carboxylic acids is 1. The normalized spacial score (nSPS) is 10.6. The lowest BCUT2D eigenvalue weighted by Crippen LogP contribution is -2.13. The summed E-state index contributed by atoms with van der Waals surface area (Å²) in [6, 6.07) is 5.88. The van der Waals surface area contributed by atoms with Crippen molar-refractivity contribution in [3.63, 3.8) is 0 Å². The van der Waals surface area contributed by atoms with Gasteiger partial charge in [-0.05, 0) is 34.5 Å². The minimum atomic E-state index is -0.396. The Hall–Kier alpha value is -1.60. The fourth-order valence-corrected chi connectivity index (χ4v) is 2.76. The molecule has 0 amide bonds. The summed E-state index contributed by atoms with van der Waals surface area (Å²) in [4.78, 5) is 11.2. The highest BCUT2D eigenvalue weighted by atomic mass is 35.5. The van der Waals surface area contributed by atoms with Gasteiger partial charge in [0.1, 0.15) is 6.54 Å². The Bertz CT molecular complexity index is 617. The zero-order chi connectivity index (χ0) is 14.5. The maximum absolute atomic E-state index is 11.2. The summed E-state index contributed by atoms with van der Waals surface area (Å²) in [7, 11) is 1.32. The molecule has 0 bridgehead atoms. The highest BCUT2D eigenvalue weighted by Gasteiger charge is 2.12. The minimum absolute atomic E-state index is 0.00648. The van der Waals surface area contributed by atoms with Crippen LogP contribution in [0.25, 0.3) is 0 Å². The van der Waals surface area contributed by atoms with Crippen LogP contribution in [-0.4, -0.2) is 33.3 Å². The van der Waals surface area contributed by atoms with Gasteiger partial charge in [-0.2, -0.15) is 0 Å². The number of aromatic nitrogens is 4. The first kappa shape index (κ1) is 14.8. The van der Waals surface area contributed by atoms with Crippen LogP contribution in [0, 0.1) is 6.92 Å². The molecule has 1 aromatic heterocycles. The molecule has 0 saturated heterocycles. The number of carbonyl (C=O) groups is 1. The molecule has 0 spiro atoms. The molecule has 2 aromatic rings. The summed E-state index contributed by atoms with van der Waals surface area (Å²) < 4.78 is 5.99. The second-order valence-electron chi connectivity index (χ2n) is 4.08. The van der Waals surface area contributed by atoms with Crippen molar-refractivity contribution in [3.8, 4) is 0 Å². The van der Waals surface area contributed by atoms with Crippen LogP contribution in [-0.2, 0) is 21.8 Å². The molecule has 0 fully saturated rings. The zero-order valence-corrected chi connectivity index (χ0v) is 12.6. The number of thioether (sulfide) groups is 1. The van der Waals surface area contributed by atoms with E-state index in [1.807, 2.05) is 25.1 Å². The van der Waals surface area contributed by atoms with Gasteiger partial charge in [-0.1, -0.05) is 35.5 Å². The maximum atomic E-state index is 11.2. The number of tetrazole rings is 1. The molecule has 20 heavy (non-hydrogen) atoms. The van der Waals surface area contributed by atoms with Crippen LogP contribution < -0.4 is 0 Å².